The van der Waals surface area contributed by atoms with Gasteiger partial charge in [-0.25, -0.2) is 4.98 Å². The van der Waals surface area contributed by atoms with Gasteiger partial charge in [-0.1, -0.05) is 29.8 Å². The molecule has 0 atom stereocenters. The largest absolute Gasteiger partial charge is 0.454 e. The maximum Gasteiger partial charge on any atom is 0.231 e. The number of halogens is 1. The molecular formula is C27H32ClN5O3S. The van der Waals surface area contributed by atoms with Crippen LogP contribution in [0.15, 0.2) is 42.5 Å². The van der Waals surface area contributed by atoms with Gasteiger partial charge >= 0.3 is 0 Å². The van der Waals surface area contributed by atoms with Crippen molar-refractivity contribution >= 4 is 34.2 Å². The fourth-order valence-corrected chi connectivity index (χ4v) is 5.59. The molecule has 0 radical (unpaired) electrons. The molecule has 2 aliphatic rings. The highest BCUT2D eigenvalue weighted by Crippen LogP contribution is 2.33. The molecule has 1 amide bonds. The summed E-state index contributed by atoms with van der Waals surface area (Å²) in [7, 11) is 0. The van der Waals surface area contributed by atoms with E-state index in [4.69, 9.17) is 26.1 Å². The summed E-state index contributed by atoms with van der Waals surface area (Å²) in [5, 5.41) is 1.58. The van der Waals surface area contributed by atoms with Gasteiger partial charge in [0.1, 0.15) is 5.82 Å². The van der Waals surface area contributed by atoms with Crippen molar-refractivity contribution in [2.45, 2.75) is 39.3 Å². The molecule has 2 aliphatic heterocycles. The van der Waals surface area contributed by atoms with Crippen molar-refractivity contribution in [1.82, 2.24) is 19.2 Å². The Balaban J connectivity index is 1.10. The summed E-state index contributed by atoms with van der Waals surface area (Å²) in [6, 6.07) is 14.1. The van der Waals surface area contributed by atoms with Gasteiger partial charge in [0.05, 0.1) is 0 Å². The summed E-state index contributed by atoms with van der Waals surface area (Å²) < 4.78 is 15.5. The number of fused-ring (bicyclic) bond motifs is 1. The molecule has 3 aromatic rings. The molecule has 1 fully saturated rings. The first-order chi connectivity index (χ1) is 17.9. The molecule has 37 heavy (non-hydrogen) atoms. The average molecular weight is 542 g/mol. The number of carbonyl (C=O) groups excluding carboxylic acids is 1. The van der Waals surface area contributed by atoms with E-state index in [0.717, 1.165) is 65.8 Å². The van der Waals surface area contributed by atoms with Gasteiger partial charge in [0.2, 0.25) is 17.8 Å². The topological polar surface area (TPSA) is 71.0 Å². The first kappa shape index (κ1) is 25.8. The second-order valence-electron chi connectivity index (χ2n) is 9.68. The fraction of sp³-hybridized carbons (Fsp3) is 0.444. The van der Waals surface area contributed by atoms with Crippen molar-refractivity contribution in [2.24, 2.45) is 0 Å². The number of hydrogen-bond acceptors (Lipinski definition) is 8. The van der Waals surface area contributed by atoms with Gasteiger partial charge < -0.3 is 19.3 Å². The van der Waals surface area contributed by atoms with Crippen LogP contribution in [0.1, 0.15) is 37.2 Å². The van der Waals surface area contributed by atoms with Crippen LogP contribution in [0.3, 0.4) is 0 Å². The molecule has 0 unspecified atom stereocenters. The highest BCUT2D eigenvalue weighted by Gasteiger charge is 2.24. The molecule has 3 heterocycles. The number of carbonyl (C=O) groups is 1. The third-order valence-corrected chi connectivity index (χ3v) is 7.78. The lowest BCUT2D eigenvalue weighted by atomic mass is 10.1. The first-order valence-corrected chi connectivity index (χ1v) is 13.8. The van der Waals surface area contributed by atoms with Crippen LogP contribution in [0.5, 0.6) is 11.5 Å². The maximum atomic E-state index is 13.0. The zero-order valence-corrected chi connectivity index (χ0v) is 22.8. The summed E-state index contributed by atoms with van der Waals surface area (Å²) in [6.07, 6.45) is 1.13. The Hall–Kier alpha value is -2.88. The molecule has 0 spiro atoms. The lowest BCUT2D eigenvalue weighted by molar-refractivity contribution is -0.132. The molecule has 196 valence electrons. The molecule has 0 N–H and O–H groups in total. The molecule has 2 aromatic carbocycles. The van der Waals surface area contributed by atoms with Crippen LogP contribution in [-0.4, -0.2) is 70.6 Å². The van der Waals surface area contributed by atoms with Crippen LogP contribution in [0, 0.1) is 0 Å². The minimum absolute atomic E-state index is 0.194. The van der Waals surface area contributed by atoms with E-state index in [1.165, 1.54) is 17.1 Å². The summed E-state index contributed by atoms with van der Waals surface area (Å²) in [5.74, 6) is 2.60. The average Bonchev–Trinajstić information content (AvgIpc) is 3.55. The second-order valence-corrected chi connectivity index (χ2v) is 10.8. The Kier molecular flexibility index (Phi) is 8.12. The van der Waals surface area contributed by atoms with Crippen molar-refractivity contribution < 1.29 is 14.3 Å². The summed E-state index contributed by atoms with van der Waals surface area (Å²) in [5.41, 5.74) is 2.32. The molecular weight excluding hydrogens is 510 g/mol. The normalized spacial score (nSPS) is 15.4. The Morgan fingerprint density at radius 2 is 1.78 bits per heavy atom. The van der Waals surface area contributed by atoms with Crippen molar-refractivity contribution in [3.63, 3.8) is 0 Å². The molecule has 8 nitrogen and oxygen atoms in total. The van der Waals surface area contributed by atoms with Gasteiger partial charge in [-0.2, -0.15) is 4.37 Å². The summed E-state index contributed by atoms with van der Waals surface area (Å²) in [6.45, 7) is 9.22. The van der Waals surface area contributed by atoms with Crippen LogP contribution in [0.4, 0.5) is 5.13 Å². The Labute approximate surface area is 226 Å². The number of hydrogen-bond donors (Lipinski definition) is 0. The van der Waals surface area contributed by atoms with Crippen LogP contribution >= 0.6 is 23.1 Å². The quantitative estimate of drug-likeness (QED) is 0.396. The van der Waals surface area contributed by atoms with Crippen molar-refractivity contribution in [1.29, 1.82) is 0 Å². The van der Waals surface area contributed by atoms with Gasteiger partial charge in [0.15, 0.2) is 11.5 Å². The van der Waals surface area contributed by atoms with E-state index >= 15 is 0 Å². The zero-order chi connectivity index (χ0) is 25.8. The first-order valence-electron chi connectivity index (χ1n) is 12.7. The monoisotopic (exact) mass is 541 g/mol. The molecule has 0 bridgehead atoms. The Morgan fingerprint density at radius 3 is 2.54 bits per heavy atom. The number of amides is 1. The van der Waals surface area contributed by atoms with E-state index in [1.807, 2.05) is 35.2 Å². The smallest absolute Gasteiger partial charge is 0.231 e. The maximum absolute atomic E-state index is 13.0. The van der Waals surface area contributed by atoms with Crippen LogP contribution in [-0.2, 0) is 17.8 Å². The van der Waals surface area contributed by atoms with E-state index in [1.54, 1.807) is 0 Å². The number of benzene rings is 2. The highest BCUT2D eigenvalue weighted by molar-refractivity contribution is 7.09. The predicted molar refractivity (Wildman–Crippen MR) is 146 cm³/mol. The SMILES string of the molecule is CC(C)N(CCC(=O)N1CCN(Cc2ccc3c(c2)OCO3)CC1)c1nc(Cc2ccc(Cl)cc2)ns1. The van der Waals surface area contributed by atoms with Crippen molar-refractivity contribution in [3.05, 3.63) is 64.4 Å². The standard InChI is InChI=1S/C27H32ClN5O3S/c1-19(2)33(27-29-25(30-37-27)16-20-3-6-22(28)7-4-20)10-9-26(34)32-13-11-31(12-14-32)17-21-5-8-23-24(15-21)36-18-35-23/h3-8,15,19H,9-14,16-18H2,1-2H3. The second kappa shape index (κ2) is 11.7. The number of piperazine rings is 1. The van der Waals surface area contributed by atoms with Crippen molar-refractivity contribution in [2.75, 3.05) is 44.4 Å². The Morgan fingerprint density at radius 1 is 1.05 bits per heavy atom. The van der Waals surface area contributed by atoms with Gasteiger partial charge in [0, 0.05) is 74.7 Å². The third kappa shape index (κ3) is 6.52. The van der Waals surface area contributed by atoms with E-state index in [0.29, 0.717) is 19.4 Å². The summed E-state index contributed by atoms with van der Waals surface area (Å²) >= 11 is 7.39. The number of aromatic nitrogens is 2. The van der Waals surface area contributed by atoms with E-state index in [-0.39, 0.29) is 18.7 Å². The molecule has 0 aliphatic carbocycles. The number of ether oxygens (including phenoxy) is 2. The zero-order valence-electron chi connectivity index (χ0n) is 21.2. The van der Waals surface area contributed by atoms with Crippen LogP contribution < -0.4 is 14.4 Å². The van der Waals surface area contributed by atoms with E-state index in [9.17, 15) is 4.79 Å². The molecule has 10 heteroatoms. The van der Waals surface area contributed by atoms with Gasteiger partial charge in [-0.15, -0.1) is 0 Å². The fourth-order valence-electron chi connectivity index (χ4n) is 4.62. The summed E-state index contributed by atoms with van der Waals surface area (Å²) in [4.78, 5) is 24.3. The third-order valence-electron chi connectivity index (χ3n) is 6.74. The molecule has 1 saturated heterocycles. The van der Waals surface area contributed by atoms with Crippen molar-refractivity contribution in [3.8, 4) is 11.5 Å². The molecule has 5 rings (SSSR count). The lowest BCUT2D eigenvalue weighted by Gasteiger charge is -2.35. The number of nitrogens with zero attached hydrogens (tertiary/aromatic N) is 5. The van der Waals surface area contributed by atoms with Gasteiger partial charge in [0.25, 0.3) is 0 Å². The predicted octanol–water partition coefficient (Wildman–Crippen LogP) is 4.46. The van der Waals surface area contributed by atoms with E-state index < -0.39 is 0 Å². The minimum Gasteiger partial charge on any atom is -0.454 e. The molecule has 1 aromatic heterocycles. The van der Waals surface area contributed by atoms with Crippen LogP contribution in [0.25, 0.3) is 0 Å². The van der Waals surface area contributed by atoms with E-state index in [2.05, 4.69) is 40.2 Å². The van der Waals surface area contributed by atoms with Gasteiger partial charge in [-0.05, 0) is 49.2 Å². The lowest BCUT2D eigenvalue weighted by Crippen LogP contribution is -2.49. The highest BCUT2D eigenvalue weighted by atomic mass is 35.5. The molecule has 0 saturated carbocycles. The number of rotatable bonds is 9. The minimum atomic E-state index is 0.194. The Bertz CT molecular complexity index is 1210. The number of anilines is 1. The van der Waals surface area contributed by atoms with Gasteiger partial charge in [-0.3, -0.25) is 9.69 Å². The van der Waals surface area contributed by atoms with Crippen LogP contribution in [0.2, 0.25) is 5.02 Å².